The Morgan fingerprint density at radius 2 is 1.71 bits per heavy atom. The van der Waals surface area contributed by atoms with E-state index in [-0.39, 0.29) is 30.6 Å². The predicted molar refractivity (Wildman–Crippen MR) is 129 cm³/mol. The van der Waals surface area contributed by atoms with Crippen molar-refractivity contribution in [2.45, 2.75) is 45.3 Å². The summed E-state index contributed by atoms with van der Waals surface area (Å²) in [5.41, 5.74) is 0.671. The van der Waals surface area contributed by atoms with E-state index in [1.54, 1.807) is 49.3 Å². The van der Waals surface area contributed by atoms with Gasteiger partial charge < -0.3 is 29.2 Å². The predicted octanol–water partition coefficient (Wildman–Crippen LogP) is 3.78. The fraction of sp³-hybridized carbons (Fsp3) is 0.480. The molecule has 3 amide bonds. The van der Waals surface area contributed by atoms with Crippen molar-refractivity contribution in [3.05, 3.63) is 48.3 Å². The Hall–Kier alpha value is -3.49. The van der Waals surface area contributed by atoms with Crippen LogP contribution in [0.25, 0.3) is 0 Å². The molecule has 1 aromatic heterocycles. The number of piperidine rings is 1. The molecular formula is C25H34N4O5. The van der Waals surface area contributed by atoms with Gasteiger partial charge in [-0.2, -0.15) is 0 Å². The first kappa shape index (κ1) is 25.1. The maximum atomic E-state index is 12.9. The Balaban J connectivity index is 1.56. The number of hydrogen-bond donors (Lipinski definition) is 1. The van der Waals surface area contributed by atoms with Crippen LogP contribution in [0, 0.1) is 0 Å². The minimum atomic E-state index is -0.520. The molecule has 34 heavy (non-hydrogen) atoms. The van der Waals surface area contributed by atoms with Gasteiger partial charge in [0.1, 0.15) is 17.0 Å². The van der Waals surface area contributed by atoms with Gasteiger partial charge in [-0.3, -0.25) is 9.59 Å². The van der Waals surface area contributed by atoms with E-state index in [0.29, 0.717) is 30.2 Å². The van der Waals surface area contributed by atoms with Gasteiger partial charge in [-0.15, -0.1) is 0 Å². The summed E-state index contributed by atoms with van der Waals surface area (Å²) in [5, 5.41) is 2.91. The third-order valence-corrected chi connectivity index (χ3v) is 5.49. The smallest absolute Gasteiger partial charge is 0.410 e. The van der Waals surface area contributed by atoms with Crippen LogP contribution in [-0.2, 0) is 9.53 Å². The molecule has 0 saturated carbocycles. The Kier molecular flexibility index (Phi) is 7.86. The quantitative estimate of drug-likeness (QED) is 0.694. The lowest BCUT2D eigenvalue weighted by molar-refractivity contribution is -0.130. The molecule has 0 bridgehead atoms. The van der Waals surface area contributed by atoms with Crippen LogP contribution in [0.2, 0.25) is 0 Å². The van der Waals surface area contributed by atoms with Gasteiger partial charge in [-0.1, -0.05) is 0 Å². The van der Waals surface area contributed by atoms with Crippen LogP contribution < -0.4 is 10.1 Å². The van der Waals surface area contributed by atoms with Crippen LogP contribution in [0.1, 0.15) is 50.1 Å². The van der Waals surface area contributed by atoms with Gasteiger partial charge in [0.2, 0.25) is 0 Å². The summed E-state index contributed by atoms with van der Waals surface area (Å²) in [6.07, 6.45) is 3.09. The standard InChI is InChI=1S/C25H34N4O5/c1-25(2,3)34-24(32)28-15-12-19(13-16-28)29-14-6-7-21(29)23(31)26-18-8-10-20(11-9-18)33-17-22(30)27(4)5/h6-11,14,19H,12-13,15-17H2,1-5H3,(H,26,31). The highest BCUT2D eigenvalue weighted by Crippen LogP contribution is 2.26. The first-order valence-electron chi connectivity index (χ1n) is 11.4. The van der Waals surface area contributed by atoms with E-state index in [1.165, 1.54) is 4.90 Å². The van der Waals surface area contributed by atoms with Crippen molar-refractivity contribution in [1.82, 2.24) is 14.4 Å². The van der Waals surface area contributed by atoms with Crippen LogP contribution in [-0.4, -0.2) is 71.7 Å². The summed E-state index contributed by atoms with van der Waals surface area (Å²) >= 11 is 0. The summed E-state index contributed by atoms with van der Waals surface area (Å²) in [5.74, 6) is 0.208. The Bertz CT molecular complexity index is 999. The van der Waals surface area contributed by atoms with Gasteiger partial charge in [0.15, 0.2) is 6.61 Å². The molecule has 3 rings (SSSR count). The number of amides is 3. The number of rotatable bonds is 6. The Morgan fingerprint density at radius 3 is 2.29 bits per heavy atom. The van der Waals surface area contributed by atoms with Crippen molar-refractivity contribution >= 4 is 23.6 Å². The molecule has 0 spiro atoms. The topological polar surface area (TPSA) is 93.1 Å². The number of likely N-dealkylation sites (N-methyl/N-ethyl adjacent to an activating group) is 1. The minimum absolute atomic E-state index is 0.0427. The highest BCUT2D eigenvalue weighted by Gasteiger charge is 2.28. The summed E-state index contributed by atoms with van der Waals surface area (Å²) < 4.78 is 12.9. The number of nitrogens with one attached hydrogen (secondary N) is 1. The van der Waals surface area contributed by atoms with Gasteiger partial charge >= 0.3 is 6.09 Å². The van der Waals surface area contributed by atoms with Gasteiger partial charge in [-0.05, 0) is 70.0 Å². The lowest BCUT2D eigenvalue weighted by Crippen LogP contribution is -2.42. The van der Waals surface area contributed by atoms with Crippen molar-refractivity contribution in [2.24, 2.45) is 0 Å². The van der Waals surface area contributed by atoms with Gasteiger partial charge in [0.05, 0.1) is 0 Å². The van der Waals surface area contributed by atoms with Crippen molar-refractivity contribution in [3.63, 3.8) is 0 Å². The Labute approximate surface area is 200 Å². The minimum Gasteiger partial charge on any atom is -0.484 e. The fourth-order valence-corrected chi connectivity index (χ4v) is 3.66. The largest absolute Gasteiger partial charge is 0.484 e. The number of likely N-dealkylation sites (tertiary alicyclic amines) is 1. The number of carbonyl (C=O) groups excluding carboxylic acids is 3. The van der Waals surface area contributed by atoms with E-state index >= 15 is 0 Å². The molecule has 1 N–H and O–H groups in total. The van der Waals surface area contributed by atoms with E-state index in [4.69, 9.17) is 9.47 Å². The van der Waals surface area contributed by atoms with E-state index in [9.17, 15) is 14.4 Å². The maximum absolute atomic E-state index is 12.9. The average Bonchev–Trinajstić information content (AvgIpc) is 3.27. The summed E-state index contributed by atoms with van der Waals surface area (Å²) in [6, 6.07) is 10.7. The third-order valence-electron chi connectivity index (χ3n) is 5.49. The number of ether oxygens (including phenoxy) is 2. The zero-order valence-electron chi connectivity index (χ0n) is 20.5. The number of anilines is 1. The van der Waals surface area contributed by atoms with Crippen LogP contribution in [0.4, 0.5) is 10.5 Å². The Morgan fingerprint density at radius 1 is 1.06 bits per heavy atom. The van der Waals surface area contributed by atoms with Crippen LogP contribution >= 0.6 is 0 Å². The van der Waals surface area contributed by atoms with Gasteiger partial charge in [-0.25, -0.2) is 4.79 Å². The molecule has 1 aromatic carbocycles. The molecule has 9 nitrogen and oxygen atoms in total. The average molecular weight is 471 g/mol. The van der Waals surface area contributed by atoms with E-state index in [0.717, 1.165) is 12.8 Å². The van der Waals surface area contributed by atoms with E-state index in [2.05, 4.69) is 5.32 Å². The van der Waals surface area contributed by atoms with E-state index < -0.39 is 5.60 Å². The third kappa shape index (κ3) is 6.76. The lowest BCUT2D eigenvalue weighted by Gasteiger charge is -2.34. The highest BCUT2D eigenvalue weighted by molar-refractivity contribution is 6.03. The molecule has 1 saturated heterocycles. The van der Waals surface area contributed by atoms with Crippen LogP contribution in [0.5, 0.6) is 5.75 Å². The molecule has 9 heteroatoms. The molecule has 1 aliphatic rings. The lowest BCUT2D eigenvalue weighted by atomic mass is 10.0. The zero-order chi connectivity index (χ0) is 24.9. The van der Waals surface area contributed by atoms with Gasteiger partial charge in [0, 0.05) is 45.1 Å². The molecule has 0 atom stereocenters. The van der Waals surface area contributed by atoms with Gasteiger partial charge in [0.25, 0.3) is 11.8 Å². The molecule has 0 unspecified atom stereocenters. The van der Waals surface area contributed by atoms with Crippen molar-refractivity contribution < 1.29 is 23.9 Å². The van der Waals surface area contributed by atoms with Crippen molar-refractivity contribution in [3.8, 4) is 5.75 Å². The number of carbonyl (C=O) groups is 3. The number of hydrogen-bond acceptors (Lipinski definition) is 5. The van der Waals surface area contributed by atoms with Crippen molar-refractivity contribution in [1.29, 1.82) is 0 Å². The van der Waals surface area contributed by atoms with Crippen molar-refractivity contribution in [2.75, 3.05) is 39.1 Å². The molecule has 2 aromatic rings. The number of aromatic nitrogens is 1. The second kappa shape index (κ2) is 10.6. The zero-order valence-corrected chi connectivity index (χ0v) is 20.5. The molecular weight excluding hydrogens is 436 g/mol. The molecule has 1 aliphatic heterocycles. The molecule has 2 heterocycles. The molecule has 184 valence electrons. The first-order chi connectivity index (χ1) is 16.0. The number of benzene rings is 1. The summed E-state index contributed by atoms with van der Waals surface area (Å²) in [4.78, 5) is 40.1. The number of nitrogens with zero attached hydrogens (tertiary/aromatic N) is 3. The molecule has 1 fully saturated rings. The molecule has 0 radical (unpaired) electrons. The van der Waals surface area contributed by atoms with Crippen LogP contribution in [0.15, 0.2) is 42.6 Å². The van der Waals surface area contributed by atoms with E-state index in [1.807, 2.05) is 37.6 Å². The first-order valence-corrected chi connectivity index (χ1v) is 11.4. The maximum Gasteiger partial charge on any atom is 0.410 e. The monoisotopic (exact) mass is 470 g/mol. The van der Waals surface area contributed by atoms with Crippen LogP contribution in [0.3, 0.4) is 0 Å². The second-order valence-electron chi connectivity index (χ2n) is 9.55. The SMILES string of the molecule is CN(C)C(=O)COc1ccc(NC(=O)c2cccn2C2CCN(C(=O)OC(C)(C)C)CC2)cc1. The fourth-order valence-electron chi connectivity index (χ4n) is 3.66. The highest BCUT2D eigenvalue weighted by atomic mass is 16.6. The second-order valence-corrected chi connectivity index (χ2v) is 9.55. The molecule has 0 aliphatic carbocycles. The summed E-state index contributed by atoms with van der Waals surface area (Å²) in [6.45, 7) is 6.69. The normalized spacial score (nSPS) is 14.4. The summed E-state index contributed by atoms with van der Waals surface area (Å²) in [7, 11) is 3.34.